The second kappa shape index (κ2) is 5.85. The molecule has 1 N–H and O–H groups in total. The third kappa shape index (κ3) is 2.45. The van der Waals surface area contributed by atoms with Crippen molar-refractivity contribution in [2.45, 2.75) is 19.5 Å². The Morgan fingerprint density at radius 1 is 1.50 bits per heavy atom. The zero-order valence-corrected chi connectivity index (χ0v) is 11.3. The highest BCUT2D eigenvalue weighted by Crippen LogP contribution is 2.21. The minimum Gasteiger partial charge on any atom is -0.350 e. The Balaban J connectivity index is 2.29. The molecular weight excluding hydrogens is 256 g/mol. The highest BCUT2D eigenvalue weighted by atomic mass is 15.3. The second-order valence-electron chi connectivity index (χ2n) is 4.21. The van der Waals surface area contributed by atoms with Crippen LogP contribution in [0.25, 0.3) is 0 Å². The van der Waals surface area contributed by atoms with Crippen LogP contribution in [0.3, 0.4) is 0 Å². The van der Waals surface area contributed by atoms with E-state index >= 15 is 0 Å². The van der Waals surface area contributed by atoms with E-state index in [2.05, 4.69) is 32.3 Å². The lowest BCUT2D eigenvalue weighted by Gasteiger charge is -2.31. The highest BCUT2D eigenvalue weighted by Gasteiger charge is 2.26. The summed E-state index contributed by atoms with van der Waals surface area (Å²) in [4.78, 5) is 10.7. The maximum atomic E-state index is 9.36. The molecular formula is C12H14N8. The van der Waals surface area contributed by atoms with Gasteiger partial charge in [-0.15, -0.1) is 10.2 Å². The highest BCUT2D eigenvalue weighted by molar-refractivity contribution is 5.72. The van der Waals surface area contributed by atoms with Crippen molar-refractivity contribution in [2.75, 3.05) is 13.6 Å². The lowest BCUT2D eigenvalue weighted by molar-refractivity contribution is 0.325. The molecule has 0 spiro atoms. The third-order valence-electron chi connectivity index (χ3n) is 2.97. The first-order valence-corrected chi connectivity index (χ1v) is 6.12. The number of rotatable bonds is 4. The van der Waals surface area contributed by atoms with Crippen molar-refractivity contribution >= 4 is 6.21 Å². The normalized spacial score (nSPS) is 17.8. The van der Waals surface area contributed by atoms with Crippen molar-refractivity contribution in [2.24, 2.45) is 4.99 Å². The zero-order chi connectivity index (χ0) is 14.5. The van der Waals surface area contributed by atoms with Gasteiger partial charge in [0.1, 0.15) is 18.2 Å². The number of aromatic amines is 1. The van der Waals surface area contributed by atoms with Gasteiger partial charge in [-0.2, -0.15) is 10.5 Å². The Morgan fingerprint density at radius 2 is 2.30 bits per heavy atom. The predicted octanol–water partition coefficient (Wildman–Crippen LogP) is 0.228. The number of hydrogen-bond acceptors (Lipinski definition) is 7. The fourth-order valence-corrected chi connectivity index (χ4v) is 2.01. The van der Waals surface area contributed by atoms with Crippen LogP contribution in [0.4, 0.5) is 0 Å². The van der Waals surface area contributed by atoms with Crippen LogP contribution in [0.5, 0.6) is 0 Å². The van der Waals surface area contributed by atoms with E-state index in [0.717, 1.165) is 0 Å². The molecule has 0 fully saturated rings. The van der Waals surface area contributed by atoms with Gasteiger partial charge < -0.3 is 14.8 Å². The van der Waals surface area contributed by atoms with Crippen molar-refractivity contribution in [3.05, 3.63) is 23.7 Å². The van der Waals surface area contributed by atoms with Gasteiger partial charge in [0.05, 0.1) is 12.6 Å². The van der Waals surface area contributed by atoms with E-state index in [-0.39, 0.29) is 0 Å². The molecule has 102 valence electrons. The summed E-state index contributed by atoms with van der Waals surface area (Å²) in [5.74, 6) is 1.20. The summed E-state index contributed by atoms with van der Waals surface area (Å²) >= 11 is 0. The Bertz CT molecular complexity index is 600. The van der Waals surface area contributed by atoms with Gasteiger partial charge in [-0.1, -0.05) is 0 Å². The summed E-state index contributed by atoms with van der Waals surface area (Å²) in [5.41, 5.74) is 0.392. The van der Waals surface area contributed by atoms with Crippen LogP contribution >= 0.6 is 0 Å². The van der Waals surface area contributed by atoms with Crippen molar-refractivity contribution in [3.8, 4) is 12.1 Å². The summed E-state index contributed by atoms with van der Waals surface area (Å²) in [6.07, 6.45) is 3.05. The monoisotopic (exact) mass is 270 g/mol. The van der Waals surface area contributed by atoms with Crippen LogP contribution in [0.1, 0.15) is 12.7 Å². The van der Waals surface area contributed by atoms with E-state index in [4.69, 9.17) is 5.26 Å². The first-order valence-electron chi connectivity index (χ1n) is 6.12. The van der Waals surface area contributed by atoms with Crippen molar-refractivity contribution in [1.29, 1.82) is 10.5 Å². The lowest BCUT2D eigenvalue weighted by atomic mass is 10.2. The van der Waals surface area contributed by atoms with Gasteiger partial charge in [-0.3, -0.25) is 0 Å². The van der Waals surface area contributed by atoms with E-state index < -0.39 is 6.04 Å². The molecule has 2 heterocycles. The third-order valence-corrected chi connectivity index (χ3v) is 2.97. The van der Waals surface area contributed by atoms with Crippen LogP contribution in [0.15, 0.2) is 22.8 Å². The largest absolute Gasteiger partial charge is 0.350 e. The number of H-pyrrole nitrogens is 1. The minimum atomic E-state index is -0.503. The van der Waals surface area contributed by atoms with Crippen molar-refractivity contribution in [3.63, 3.8) is 0 Å². The summed E-state index contributed by atoms with van der Waals surface area (Å²) in [7, 11) is 1.81. The first-order chi connectivity index (χ1) is 9.71. The summed E-state index contributed by atoms with van der Waals surface area (Å²) in [5, 5.41) is 26.1. The Labute approximate surface area is 116 Å². The van der Waals surface area contributed by atoms with Gasteiger partial charge >= 0.3 is 0 Å². The molecule has 0 amide bonds. The Morgan fingerprint density at radius 3 is 2.85 bits per heavy atom. The lowest BCUT2D eigenvalue weighted by Crippen LogP contribution is -2.39. The smallest absolute Gasteiger partial charge is 0.163 e. The summed E-state index contributed by atoms with van der Waals surface area (Å²) in [6.45, 7) is 2.91. The van der Waals surface area contributed by atoms with Crippen LogP contribution < -0.4 is 0 Å². The maximum absolute atomic E-state index is 9.36. The maximum Gasteiger partial charge on any atom is 0.163 e. The molecule has 0 saturated heterocycles. The fraction of sp³-hybridized carbons (Fsp3) is 0.417. The number of hydrogen-bond donors (Lipinski definition) is 1. The van der Waals surface area contributed by atoms with Gasteiger partial charge in [0.2, 0.25) is 0 Å². The molecule has 1 aliphatic rings. The van der Waals surface area contributed by atoms with Crippen LogP contribution in [-0.2, 0) is 6.54 Å². The van der Waals surface area contributed by atoms with Gasteiger partial charge in [-0.05, 0) is 6.92 Å². The number of allylic oxidation sites excluding steroid dienone is 1. The van der Waals surface area contributed by atoms with Gasteiger partial charge in [-0.25, -0.2) is 4.99 Å². The average Bonchev–Trinajstić information content (AvgIpc) is 2.98. The zero-order valence-electron chi connectivity index (χ0n) is 11.3. The number of nitriles is 2. The summed E-state index contributed by atoms with van der Waals surface area (Å²) < 4.78 is 0. The molecule has 2 rings (SSSR count). The molecule has 0 radical (unpaired) electrons. The predicted molar refractivity (Wildman–Crippen MR) is 70.8 cm³/mol. The van der Waals surface area contributed by atoms with Gasteiger partial charge in [0.25, 0.3) is 0 Å². The van der Waals surface area contributed by atoms with Crippen LogP contribution in [-0.4, -0.2) is 50.8 Å². The van der Waals surface area contributed by atoms with E-state index in [0.29, 0.717) is 30.4 Å². The molecule has 0 bridgehead atoms. The quantitative estimate of drug-likeness (QED) is 0.838. The molecule has 0 aromatic carbocycles. The molecule has 8 heteroatoms. The molecule has 1 atom stereocenters. The molecule has 1 aliphatic heterocycles. The van der Waals surface area contributed by atoms with Crippen molar-refractivity contribution in [1.82, 2.24) is 25.0 Å². The van der Waals surface area contributed by atoms with E-state index in [9.17, 15) is 5.26 Å². The van der Waals surface area contributed by atoms with Crippen molar-refractivity contribution < 1.29 is 0 Å². The molecule has 0 saturated carbocycles. The second-order valence-corrected chi connectivity index (χ2v) is 4.21. The Hall–Kier alpha value is -2.87. The van der Waals surface area contributed by atoms with Gasteiger partial charge in [0, 0.05) is 19.8 Å². The summed E-state index contributed by atoms with van der Waals surface area (Å²) in [6, 6.07) is 3.75. The minimum absolute atomic E-state index is 0.392. The molecule has 20 heavy (non-hydrogen) atoms. The Kier molecular flexibility index (Phi) is 3.96. The topological polar surface area (TPSA) is 108 Å². The number of nitrogens with one attached hydrogen (secondary N) is 1. The number of aliphatic imine (C=N–C) groups is 1. The number of aromatic nitrogens is 3. The SMILES string of the molecule is CCN1C(C#N)=C(N(C)Cc2nnc[nH]2)N=CC1C#N. The molecule has 1 aromatic rings. The van der Waals surface area contributed by atoms with E-state index in [1.165, 1.54) is 6.33 Å². The average molecular weight is 270 g/mol. The standard InChI is InChI=1S/C12H14N8/c1-3-20-9(4-13)6-15-12(10(20)5-14)19(2)7-11-16-8-17-18-11/h6,8-9H,3,7H2,1-2H3,(H,16,17,18). The number of nitrogens with zero attached hydrogens (tertiary/aromatic N) is 7. The van der Waals surface area contributed by atoms with E-state index in [1.54, 1.807) is 16.0 Å². The molecule has 8 nitrogen and oxygen atoms in total. The molecule has 0 aliphatic carbocycles. The first kappa shape index (κ1) is 13.6. The molecule has 1 aromatic heterocycles. The van der Waals surface area contributed by atoms with E-state index in [1.807, 2.05) is 14.0 Å². The fourth-order valence-electron chi connectivity index (χ4n) is 2.01. The molecule has 1 unspecified atom stereocenters. The van der Waals surface area contributed by atoms with Crippen LogP contribution in [0.2, 0.25) is 0 Å². The van der Waals surface area contributed by atoms with Gasteiger partial charge in [0.15, 0.2) is 17.6 Å². The van der Waals surface area contributed by atoms with Crippen LogP contribution in [0, 0.1) is 22.7 Å².